The molecule has 1 aliphatic rings. The zero-order valence-electron chi connectivity index (χ0n) is 15.1. The first kappa shape index (κ1) is 17.5. The third kappa shape index (κ3) is 4.20. The number of nitrogens with one attached hydrogen (secondary N) is 1. The van der Waals surface area contributed by atoms with Crippen LogP contribution in [-0.2, 0) is 4.74 Å². The number of nitrogens with zero attached hydrogens (tertiary/aromatic N) is 1. The maximum absolute atomic E-state index is 12.9. The molecule has 2 aromatic carbocycles. The Bertz CT molecular complexity index is 695. The van der Waals surface area contributed by atoms with Crippen molar-refractivity contribution in [1.29, 1.82) is 0 Å². The molecule has 0 aromatic heterocycles. The van der Waals surface area contributed by atoms with Crippen LogP contribution in [0.3, 0.4) is 0 Å². The van der Waals surface area contributed by atoms with Gasteiger partial charge in [0.1, 0.15) is 5.60 Å². The highest BCUT2D eigenvalue weighted by Crippen LogP contribution is 2.37. The van der Waals surface area contributed by atoms with E-state index in [9.17, 15) is 4.79 Å². The Balaban J connectivity index is 1.97. The van der Waals surface area contributed by atoms with Gasteiger partial charge in [-0.25, -0.2) is 4.79 Å². The molecular formula is C21H26N2O2. The van der Waals surface area contributed by atoms with E-state index in [1.165, 1.54) is 5.56 Å². The Morgan fingerprint density at radius 2 is 1.56 bits per heavy atom. The van der Waals surface area contributed by atoms with Gasteiger partial charge in [-0.1, -0.05) is 60.7 Å². The Kier molecular flexibility index (Phi) is 5.09. The topological polar surface area (TPSA) is 41.6 Å². The van der Waals surface area contributed by atoms with Crippen LogP contribution in [-0.4, -0.2) is 29.7 Å². The Hall–Kier alpha value is -2.33. The fraction of sp³-hybridized carbons (Fsp3) is 0.381. The van der Waals surface area contributed by atoms with Crippen molar-refractivity contribution in [3.63, 3.8) is 0 Å². The Morgan fingerprint density at radius 1 is 1.00 bits per heavy atom. The van der Waals surface area contributed by atoms with Crippen LogP contribution in [0.5, 0.6) is 0 Å². The molecule has 4 heteroatoms. The molecule has 1 aliphatic heterocycles. The minimum absolute atomic E-state index is 0.0323. The average molecular weight is 338 g/mol. The molecule has 1 saturated heterocycles. The summed E-state index contributed by atoms with van der Waals surface area (Å²) < 4.78 is 5.67. The van der Waals surface area contributed by atoms with Crippen LogP contribution in [0.4, 0.5) is 4.79 Å². The van der Waals surface area contributed by atoms with E-state index in [2.05, 4.69) is 29.6 Å². The van der Waals surface area contributed by atoms with Crippen molar-refractivity contribution in [2.24, 2.45) is 0 Å². The first-order valence-corrected chi connectivity index (χ1v) is 8.78. The van der Waals surface area contributed by atoms with Gasteiger partial charge in [-0.3, -0.25) is 4.90 Å². The molecule has 2 aromatic rings. The summed E-state index contributed by atoms with van der Waals surface area (Å²) in [6.07, 6.45) is -0.260. The van der Waals surface area contributed by atoms with Crippen molar-refractivity contribution < 1.29 is 9.53 Å². The lowest BCUT2D eigenvalue weighted by Crippen LogP contribution is -2.51. The molecule has 0 saturated carbocycles. The molecule has 2 atom stereocenters. The lowest BCUT2D eigenvalue weighted by atomic mass is 9.90. The quantitative estimate of drug-likeness (QED) is 0.887. The van der Waals surface area contributed by atoms with E-state index in [-0.39, 0.29) is 18.2 Å². The number of carbonyl (C=O) groups excluding carboxylic acids is 1. The summed E-state index contributed by atoms with van der Waals surface area (Å²) in [6.45, 7) is 7.07. The van der Waals surface area contributed by atoms with E-state index in [1.807, 2.05) is 62.1 Å². The summed E-state index contributed by atoms with van der Waals surface area (Å²) in [6, 6.07) is 20.4. The van der Waals surface area contributed by atoms with Gasteiger partial charge in [0.25, 0.3) is 0 Å². The fourth-order valence-electron chi connectivity index (χ4n) is 3.28. The van der Waals surface area contributed by atoms with E-state index in [0.717, 1.165) is 12.1 Å². The highest BCUT2D eigenvalue weighted by Gasteiger charge is 2.38. The van der Waals surface area contributed by atoms with Crippen LogP contribution in [0.1, 0.15) is 44.0 Å². The second-order valence-corrected chi connectivity index (χ2v) is 7.37. The van der Waals surface area contributed by atoms with Gasteiger partial charge in [-0.15, -0.1) is 0 Å². The van der Waals surface area contributed by atoms with Crippen LogP contribution in [0, 0.1) is 0 Å². The highest BCUT2D eigenvalue weighted by molar-refractivity contribution is 5.69. The van der Waals surface area contributed by atoms with Crippen LogP contribution >= 0.6 is 0 Å². The van der Waals surface area contributed by atoms with E-state index >= 15 is 0 Å². The summed E-state index contributed by atoms with van der Waals surface area (Å²) in [5.41, 5.74) is 1.77. The Morgan fingerprint density at radius 3 is 2.12 bits per heavy atom. The minimum Gasteiger partial charge on any atom is -0.444 e. The van der Waals surface area contributed by atoms with Crippen LogP contribution in [0.25, 0.3) is 0 Å². The van der Waals surface area contributed by atoms with Crippen molar-refractivity contribution in [3.8, 4) is 0 Å². The molecule has 0 spiro atoms. The van der Waals surface area contributed by atoms with Crippen LogP contribution < -0.4 is 5.32 Å². The maximum Gasteiger partial charge on any atom is 0.410 e. The van der Waals surface area contributed by atoms with Gasteiger partial charge >= 0.3 is 6.09 Å². The summed E-state index contributed by atoms with van der Waals surface area (Å²) in [4.78, 5) is 14.7. The van der Waals surface area contributed by atoms with Crippen molar-refractivity contribution in [1.82, 2.24) is 10.2 Å². The second-order valence-electron chi connectivity index (χ2n) is 7.37. The molecule has 0 aliphatic carbocycles. The zero-order chi connectivity index (χ0) is 17.9. The lowest BCUT2D eigenvalue weighted by Gasteiger charge is -2.42. The smallest absolute Gasteiger partial charge is 0.410 e. The fourth-order valence-corrected chi connectivity index (χ4v) is 3.28. The van der Waals surface area contributed by atoms with Crippen LogP contribution in [0.15, 0.2) is 60.7 Å². The number of benzene rings is 2. The van der Waals surface area contributed by atoms with Gasteiger partial charge < -0.3 is 10.1 Å². The number of amides is 1. The lowest BCUT2D eigenvalue weighted by molar-refractivity contribution is 0.00502. The highest BCUT2D eigenvalue weighted by atomic mass is 16.6. The summed E-state index contributed by atoms with van der Waals surface area (Å²) in [5, 5.41) is 3.58. The molecule has 1 N–H and O–H groups in total. The monoisotopic (exact) mass is 338 g/mol. The van der Waals surface area contributed by atoms with Crippen LogP contribution in [0.2, 0.25) is 0 Å². The minimum atomic E-state index is -0.508. The van der Waals surface area contributed by atoms with Gasteiger partial charge in [0.05, 0.1) is 12.1 Å². The van der Waals surface area contributed by atoms with Gasteiger partial charge in [-0.05, 0) is 31.9 Å². The van der Waals surface area contributed by atoms with E-state index in [4.69, 9.17) is 4.74 Å². The molecule has 25 heavy (non-hydrogen) atoms. The standard InChI is InChI=1S/C21H26N2O2/c1-21(2,3)25-20(24)23-15-14-22-18(16-10-6-4-7-11-16)19(23)17-12-8-5-9-13-17/h4-13,18-19,22H,14-15H2,1-3H3/t18-,19+/m1/s1. The molecule has 1 heterocycles. The van der Waals surface area contributed by atoms with Crippen molar-refractivity contribution in [2.45, 2.75) is 38.5 Å². The van der Waals surface area contributed by atoms with Crippen molar-refractivity contribution in [2.75, 3.05) is 13.1 Å². The van der Waals surface area contributed by atoms with E-state index in [1.54, 1.807) is 0 Å². The zero-order valence-corrected chi connectivity index (χ0v) is 15.1. The first-order chi connectivity index (χ1) is 12.0. The summed E-state index contributed by atoms with van der Waals surface area (Å²) >= 11 is 0. The molecule has 0 unspecified atom stereocenters. The third-order valence-corrected chi connectivity index (χ3v) is 4.30. The molecule has 0 radical (unpaired) electrons. The molecule has 3 rings (SSSR count). The van der Waals surface area contributed by atoms with Gasteiger partial charge in [0.15, 0.2) is 0 Å². The van der Waals surface area contributed by atoms with Gasteiger partial charge in [-0.2, -0.15) is 0 Å². The molecule has 1 fully saturated rings. The maximum atomic E-state index is 12.9. The van der Waals surface area contributed by atoms with Crippen molar-refractivity contribution in [3.05, 3.63) is 71.8 Å². The Labute approximate surface area is 149 Å². The number of rotatable bonds is 2. The number of hydrogen-bond donors (Lipinski definition) is 1. The average Bonchev–Trinajstić information content (AvgIpc) is 2.61. The number of carbonyl (C=O) groups is 1. The third-order valence-electron chi connectivity index (χ3n) is 4.30. The molecule has 4 nitrogen and oxygen atoms in total. The number of ether oxygens (including phenoxy) is 1. The molecular weight excluding hydrogens is 312 g/mol. The number of hydrogen-bond acceptors (Lipinski definition) is 3. The molecule has 132 valence electrons. The van der Waals surface area contributed by atoms with Gasteiger partial charge in [0.2, 0.25) is 0 Å². The van der Waals surface area contributed by atoms with Gasteiger partial charge in [0, 0.05) is 13.1 Å². The molecule has 1 amide bonds. The number of piperazine rings is 1. The normalized spacial score (nSPS) is 21.0. The van der Waals surface area contributed by atoms with E-state index < -0.39 is 5.60 Å². The predicted octanol–water partition coefficient (Wildman–Crippen LogP) is 4.31. The predicted molar refractivity (Wildman–Crippen MR) is 99.3 cm³/mol. The first-order valence-electron chi connectivity index (χ1n) is 8.78. The summed E-state index contributed by atoms with van der Waals surface area (Å²) in [5.74, 6) is 0. The van der Waals surface area contributed by atoms with E-state index in [0.29, 0.717) is 6.54 Å². The SMILES string of the molecule is CC(C)(C)OC(=O)N1CCN[C@H](c2ccccc2)[C@@H]1c1ccccc1. The van der Waals surface area contributed by atoms with Crippen molar-refractivity contribution >= 4 is 6.09 Å². The largest absolute Gasteiger partial charge is 0.444 e. The second kappa shape index (κ2) is 7.28. The summed E-state index contributed by atoms with van der Waals surface area (Å²) in [7, 11) is 0. The molecule has 0 bridgehead atoms.